The van der Waals surface area contributed by atoms with Crippen LogP contribution in [0.1, 0.15) is 22.5 Å². The Hall–Kier alpha value is -2.53. The number of hydrogen-bond acceptors (Lipinski definition) is 6. The van der Waals surface area contributed by atoms with Crippen LogP contribution in [0.3, 0.4) is 0 Å². The number of aromatic nitrogens is 2. The molecule has 2 aromatic heterocycles. The van der Waals surface area contributed by atoms with Crippen LogP contribution < -0.4 is 0 Å². The molecule has 0 unspecified atom stereocenters. The van der Waals surface area contributed by atoms with Gasteiger partial charge in [-0.1, -0.05) is 6.07 Å². The summed E-state index contributed by atoms with van der Waals surface area (Å²) in [5.41, 5.74) is 3.13. The van der Waals surface area contributed by atoms with Gasteiger partial charge in [0.15, 0.2) is 0 Å². The molecule has 1 aliphatic heterocycles. The number of aliphatic hydroxyl groups excluding tert-OH is 1. The molecule has 11 heteroatoms. The van der Waals surface area contributed by atoms with E-state index in [1.165, 1.54) is 11.3 Å². The van der Waals surface area contributed by atoms with Gasteiger partial charge in [0, 0.05) is 24.3 Å². The number of likely N-dealkylation sites (tertiary alicyclic amines) is 1. The Labute approximate surface area is 156 Å². The molecule has 3 heterocycles. The first-order valence-electron chi connectivity index (χ1n) is 7.76. The molecule has 0 radical (unpaired) electrons. The van der Waals surface area contributed by atoms with Crippen molar-refractivity contribution < 1.29 is 33.0 Å². The molecule has 1 aliphatic rings. The van der Waals surface area contributed by atoms with Crippen molar-refractivity contribution >= 4 is 23.2 Å². The number of carboxylic acids is 1. The Morgan fingerprint density at radius 1 is 1.37 bits per heavy atom. The van der Waals surface area contributed by atoms with E-state index in [2.05, 4.69) is 9.97 Å². The van der Waals surface area contributed by atoms with E-state index < -0.39 is 18.2 Å². The maximum Gasteiger partial charge on any atom is 0.490 e. The van der Waals surface area contributed by atoms with Gasteiger partial charge < -0.3 is 15.1 Å². The summed E-state index contributed by atoms with van der Waals surface area (Å²) in [6.07, 6.45) is -0.854. The summed E-state index contributed by atoms with van der Waals surface area (Å²) in [4.78, 5) is 31.2. The van der Waals surface area contributed by atoms with Crippen LogP contribution in [0.5, 0.6) is 0 Å². The van der Waals surface area contributed by atoms with Gasteiger partial charge in [-0.3, -0.25) is 9.78 Å². The van der Waals surface area contributed by atoms with E-state index in [1.807, 2.05) is 12.1 Å². The molecule has 1 amide bonds. The third-order valence-electron chi connectivity index (χ3n) is 3.83. The van der Waals surface area contributed by atoms with E-state index >= 15 is 0 Å². The van der Waals surface area contributed by atoms with Crippen molar-refractivity contribution in [3.8, 4) is 0 Å². The number of pyridine rings is 1. The summed E-state index contributed by atoms with van der Waals surface area (Å²) in [7, 11) is 0. The third kappa shape index (κ3) is 5.73. The lowest BCUT2D eigenvalue weighted by molar-refractivity contribution is -0.192. The molecule has 7 nitrogen and oxygen atoms in total. The lowest BCUT2D eigenvalue weighted by Gasteiger charge is -2.25. The van der Waals surface area contributed by atoms with Crippen molar-refractivity contribution in [3.63, 3.8) is 0 Å². The summed E-state index contributed by atoms with van der Waals surface area (Å²) in [6.45, 7) is 0.572. The highest BCUT2D eigenvalue weighted by molar-refractivity contribution is 7.07. The zero-order valence-electron chi connectivity index (χ0n) is 13.8. The molecule has 2 N–H and O–H groups in total. The average molecular weight is 403 g/mol. The first kappa shape index (κ1) is 20.8. The Balaban J connectivity index is 0.000000321. The van der Waals surface area contributed by atoms with Crippen molar-refractivity contribution in [1.29, 1.82) is 0 Å². The van der Waals surface area contributed by atoms with E-state index in [4.69, 9.17) is 9.90 Å². The van der Waals surface area contributed by atoms with E-state index in [1.54, 1.807) is 28.2 Å². The van der Waals surface area contributed by atoms with Gasteiger partial charge in [0.1, 0.15) is 5.69 Å². The number of rotatable bonds is 3. The van der Waals surface area contributed by atoms with Gasteiger partial charge in [-0.05, 0) is 24.5 Å². The number of halogens is 3. The number of aliphatic carboxylic acids is 1. The highest BCUT2D eigenvalue weighted by Crippen LogP contribution is 2.23. The van der Waals surface area contributed by atoms with Gasteiger partial charge in [0.2, 0.25) is 0 Å². The topological polar surface area (TPSA) is 104 Å². The number of alkyl halides is 3. The summed E-state index contributed by atoms with van der Waals surface area (Å²) in [5.74, 6) is -2.86. The van der Waals surface area contributed by atoms with Crippen LogP contribution in [0.4, 0.5) is 13.2 Å². The fourth-order valence-corrected chi connectivity index (χ4v) is 3.09. The van der Waals surface area contributed by atoms with Crippen LogP contribution in [0.15, 0.2) is 35.4 Å². The van der Waals surface area contributed by atoms with Crippen LogP contribution in [0.25, 0.3) is 0 Å². The molecular weight excluding hydrogens is 387 g/mol. The quantitative estimate of drug-likeness (QED) is 0.812. The van der Waals surface area contributed by atoms with Crippen molar-refractivity contribution in [1.82, 2.24) is 14.9 Å². The summed E-state index contributed by atoms with van der Waals surface area (Å²) in [6, 6.07) is 3.63. The van der Waals surface area contributed by atoms with Crippen molar-refractivity contribution in [2.24, 2.45) is 0 Å². The zero-order chi connectivity index (χ0) is 20.0. The molecule has 146 valence electrons. The van der Waals surface area contributed by atoms with Gasteiger partial charge in [-0.2, -0.15) is 13.2 Å². The number of nitrogens with zero attached hydrogens (tertiary/aromatic N) is 3. The molecule has 0 aromatic carbocycles. The molecule has 1 fully saturated rings. The van der Waals surface area contributed by atoms with Gasteiger partial charge in [0.25, 0.3) is 5.91 Å². The SMILES string of the molecule is O=C(O)C(F)(F)F.O=C(c1cscn1)N1CC[C@@H](O)[C@@H]1Cc1cccnc1. The van der Waals surface area contributed by atoms with E-state index in [-0.39, 0.29) is 11.9 Å². The number of aliphatic hydroxyl groups is 1. The van der Waals surface area contributed by atoms with Crippen LogP contribution in [0.2, 0.25) is 0 Å². The number of carbonyl (C=O) groups excluding carboxylic acids is 1. The minimum Gasteiger partial charge on any atom is -0.475 e. The minimum absolute atomic E-state index is 0.100. The molecule has 2 atom stereocenters. The van der Waals surface area contributed by atoms with E-state index in [0.717, 1.165) is 5.56 Å². The van der Waals surface area contributed by atoms with Crippen molar-refractivity contribution in [2.45, 2.75) is 31.2 Å². The first-order chi connectivity index (χ1) is 12.7. The largest absolute Gasteiger partial charge is 0.490 e. The molecule has 1 saturated heterocycles. The number of carbonyl (C=O) groups is 2. The van der Waals surface area contributed by atoms with Gasteiger partial charge in [-0.15, -0.1) is 11.3 Å². The molecule has 0 aliphatic carbocycles. The average Bonchev–Trinajstić information content (AvgIpc) is 3.26. The highest BCUT2D eigenvalue weighted by Gasteiger charge is 2.38. The Kier molecular flexibility index (Phi) is 6.86. The van der Waals surface area contributed by atoms with E-state index in [0.29, 0.717) is 25.1 Å². The number of thiazole rings is 1. The van der Waals surface area contributed by atoms with Gasteiger partial charge in [0.05, 0.1) is 17.7 Å². The minimum atomic E-state index is -5.08. The Bertz CT molecular complexity index is 756. The predicted molar refractivity (Wildman–Crippen MR) is 89.2 cm³/mol. The second kappa shape index (κ2) is 8.91. The molecule has 2 aromatic rings. The summed E-state index contributed by atoms with van der Waals surface area (Å²) >= 11 is 1.40. The van der Waals surface area contributed by atoms with Crippen molar-refractivity contribution in [2.75, 3.05) is 6.54 Å². The monoisotopic (exact) mass is 403 g/mol. The third-order valence-corrected chi connectivity index (χ3v) is 4.42. The van der Waals surface area contributed by atoms with Crippen LogP contribution in [-0.2, 0) is 11.2 Å². The van der Waals surface area contributed by atoms with Crippen LogP contribution in [0, 0.1) is 0 Å². The second-order valence-corrected chi connectivity index (χ2v) is 6.38. The molecule has 27 heavy (non-hydrogen) atoms. The normalized spacial score (nSPS) is 19.3. The Morgan fingerprint density at radius 2 is 2.07 bits per heavy atom. The van der Waals surface area contributed by atoms with Crippen molar-refractivity contribution in [3.05, 3.63) is 46.7 Å². The molecule has 0 saturated carbocycles. The standard InChI is InChI=1S/C14H15N3O2S.C2HF3O2/c18-13-3-5-17(14(19)11-8-20-9-16-11)12(13)6-10-2-1-4-15-7-10;3-2(4,5)1(6)7/h1-2,4,7-9,12-13,18H,3,5-6H2;(H,6,7)/t12-,13+;/m0./s1. The summed E-state index contributed by atoms with van der Waals surface area (Å²) in [5, 5.41) is 19.0. The van der Waals surface area contributed by atoms with Crippen LogP contribution in [-0.4, -0.2) is 61.8 Å². The fraction of sp³-hybridized carbons (Fsp3) is 0.375. The van der Waals surface area contributed by atoms with Crippen LogP contribution >= 0.6 is 11.3 Å². The predicted octanol–water partition coefficient (Wildman–Crippen LogP) is 1.99. The number of carboxylic acid groups (broad SMARTS) is 1. The molecule has 3 rings (SSSR count). The molecular formula is C16H16F3N3O4S. The fourth-order valence-electron chi connectivity index (χ4n) is 2.56. The smallest absolute Gasteiger partial charge is 0.475 e. The van der Waals surface area contributed by atoms with Gasteiger partial charge >= 0.3 is 12.1 Å². The maximum absolute atomic E-state index is 12.4. The zero-order valence-corrected chi connectivity index (χ0v) is 14.7. The lowest BCUT2D eigenvalue weighted by atomic mass is 10.0. The number of amides is 1. The van der Waals surface area contributed by atoms with Gasteiger partial charge in [-0.25, -0.2) is 9.78 Å². The number of hydrogen-bond donors (Lipinski definition) is 2. The maximum atomic E-state index is 12.4. The van der Waals surface area contributed by atoms with E-state index in [9.17, 15) is 23.1 Å². The highest BCUT2D eigenvalue weighted by atomic mass is 32.1. The molecule has 0 bridgehead atoms. The lowest BCUT2D eigenvalue weighted by Crippen LogP contribution is -2.41. The first-order valence-corrected chi connectivity index (χ1v) is 8.70. The second-order valence-electron chi connectivity index (χ2n) is 5.66. The summed E-state index contributed by atoms with van der Waals surface area (Å²) < 4.78 is 31.7. The molecule has 0 spiro atoms. The Morgan fingerprint density at radius 3 is 2.59 bits per heavy atom.